The van der Waals surface area contributed by atoms with Crippen LogP contribution in [0.5, 0.6) is 0 Å². The second kappa shape index (κ2) is 10.2. The molecule has 1 N–H and O–H groups in total. The molecule has 0 heterocycles. The first-order valence-electron chi connectivity index (χ1n) is 8.73. The SMILES string of the molecule is CCC(O)C(OCc1ccccc1)C(CC)OCc1ccccc1. The van der Waals surface area contributed by atoms with E-state index >= 15 is 0 Å². The molecule has 0 aliphatic rings. The minimum atomic E-state index is -0.533. The Morgan fingerprint density at radius 1 is 0.750 bits per heavy atom. The predicted octanol–water partition coefficient (Wildman–Crippen LogP) is 4.34. The number of hydrogen-bond donors (Lipinski definition) is 1. The van der Waals surface area contributed by atoms with E-state index in [2.05, 4.69) is 6.92 Å². The summed E-state index contributed by atoms with van der Waals surface area (Å²) in [6, 6.07) is 20.1. The zero-order valence-electron chi connectivity index (χ0n) is 14.6. The Morgan fingerprint density at radius 3 is 1.71 bits per heavy atom. The van der Waals surface area contributed by atoms with Crippen LogP contribution in [0.3, 0.4) is 0 Å². The Kier molecular flexibility index (Phi) is 7.96. The van der Waals surface area contributed by atoms with E-state index in [1.807, 2.05) is 67.6 Å². The van der Waals surface area contributed by atoms with E-state index in [1.54, 1.807) is 0 Å². The molecule has 2 aromatic rings. The van der Waals surface area contributed by atoms with E-state index in [-0.39, 0.29) is 12.2 Å². The van der Waals surface area contributed by atoms with Crippen LogP contribution in [0.25, 0.3) is 0 Å². The lowest BCUT2D eigenvalue weighted by atomic mass is 10.0. The van der Waals surface area contributed by atoms with E-state index in [0.29, 0.717) is 19.6 Å². The molecule has 130 valence electrons. The molecule has 0 fully saturated rings. The highest BCUT2D eigenvalue weighted by molar-refractivity contribution is 5.14. The fourth-order valence-corrected chi connectivity index (χ4v) is 2.69. The van der Waals surface area contributed by atoms with Crippen LogP contribution >= 0.6 is 0 Å². The van der Waals surface area contributed by atoms with Crippen LogP contribution in [-0.2, 0) is 22.7 Å². The molecule has 0 aliphatic heterocycles. The van der Waals surface area contributed by atoms with Gasteiger partial charge < -0.3 is 14.6 Å². The summed E-state index contributed by atoms with van der Waals surface area (Å²) in [6.45, 7) is 5.04. The lowest BCUT2D eigenvalue weighted by molar-refractivity contribution is -0.133. The maximum absolute atomic E-state index is 10.4. The van der Waals surface area contributed by atoms with Crippen LogP contribution in [0.2, 0.25) is 0 Å². The van der Waals surface area contributed by atoms with Crippen LogP contribution in [0.15, 0.2) is 60.7 Å². The highest BCUT2D eigenvalue weighted by Crippen LogP contribution is 2.18. The van der Waals surface area contributed by atoms with Gasteiger partial charge in [0.2, 0.25) is 0 Å². The zero-order chi connectivity index (χ0) is 17.2. The van der Waals surface area contributed by atoms with E-state index in [9.17, 15) is 5.11 Å². The highest BCUT2D eigenvalue weighted by Gasteiger charge is 2.28. The number of rotatable bonds is 10. The second-order valence-corrected chi connectivity index (χ2v) is 5.98. The van der Waals surface area contributed by atoms with Gasteiger partial charge in [0.15, 0.2) is 0 Å². The maximum atomic E-state index is 10.4. The van der Waals surface area contributed by atoms with Crippen LogP contribution in [0.4, 0.5) is 0 Å². The summed E-state index contributed by atoms with van der Waals surface area (Å²) in [5.74, 6) is 0. The van der Waals surface area contributed by atoms with Crippen LogP contribution in [0, 0.1) is 0 Å². The summed E-state index contributed by atoms with van der Waals surface area (Å²) in [5, 5.41) is 10.4. The lowest BCUT2D eigenvalue weighted by Crippen LogP contribution is -2.40. The molecule has 0 bridgehead atoms. The maximum Gasteiger partial charge on any atom is 0.110 e. The molecule has 0 amide bonds. The summed E-state index contributed by atoms with van der Waals surface area (Å²) in [4.78, 5) is 0. The molecule has 3 heteroatoms. The van der Waals surface area contributed by atoms with Gasteiger partial charge in [-0.3, -0.25) is 0 Å². The van der Waals surface area contributed by atoms with Crippen molar-refractivity contribution in [1.82, 2.24) is 0 Å². The smallest absolute Gasteiger partial charge is 0.110 e. The van der Waals surface area contributed by atoms with E-state index in [4.69, 9.17) is 9.47 Å². The number of ether oxygens (including phenoxy) is 2. The standard InChI is InChI=1S/C21H28O3/c1-3-19(22)21(24-16-18-13-9-6-10-14-18)20(4-2)23-15-17-11-7-5-8-12-17/h5-14,19-22H,3-4,15-16H2,1-2H3. The van der Waals surface area contributed by atoms with Crippen molar-refractivity contribution in [3.05, 3.63) is 71.8 Å². The molecule has 3 nitrogen and oxygen atoms in total. The molecule has 0 aliphatic carbocycles. The average Bonchev–Trinajstić information content (AvgIpc) is 2.65. The van der Waals surface area contributed by atoms with Crippen molar-refractivity contribution in [2.24, 2.45) is 0 Å². The third-order valence-electron chi connectivity index (χ3n) is 4.16. The van der Waals surface area contributed by atoms with Crippen molar-refractivity contribution in [3.8, 4) is 0 Å². The van der Waals surface area contributed by atoms with Crippen molar-refractivity contribution in [3.63, 3.8) is 0 Å². The summed E-state index contributed by atoms with van der Waals surface area (Å²) >= 11 is 0. The molecule has 0 aromatic heterocycles. The van der Waals surface area contributed by atoms with Gasteiger partial charge in [0.1, 0.15) is 6.10 Å². The fraction of sp³-hybridized carbons (Fsp3) is 0.429. The molecule has 0 radical (unpaired) electrons. The molecule has 3 atom stereocenters. The zero-order valence-corrected chi connectivity index (χ0v) is 14.6. The molecule has 24 heavy (non-hydrogen) atoms. The molecule has 2 rings (SSSR count). The molecular weight excluding hydrogens is 300 g/mol. The molecule has 0 saturated carbocycles. The minimum absolute atomic E-state index is 0.135. The van der Waals surface area contributed by atoms with Gasteiger partial charge in [-0.15, -0.1) is 0 Å². The Balaban J connectivity index is 1.97. The van der Waals surface area contributed by atoms with Gasteiger partial charge in [-0.1, -0.05) is 74.5 Å². The largest absolute Gasteiger partial charge is 0.390 e. The Morgan fingerprint density at radius 2 is 1.25 bits per heavy atom. The number of aliphatic hydroxyl groups excluding tert-OH is 1. The second-order valence-electron chi connectivity index (χ2n) is 5.98. The summed E-state index contributed by atoms with van der Waals surface area (Å²) in [5.41, 5.74) is 2.23. The van der Waals surface area contributed by atoms with E-state index < -0.39 is 6.10 Å². The van der Waals surface area contributed by atoms with Gasteiger partial charge in [-0.25, -0.2) is 0 Å². The Bertz CT molecular complexity index is 556. The lowest BCUT2D eigenvalue weighted by Gasteiger charge is -2.30. The predicted molar refractivity (Wildman–Crippen MR) is 96.6 cm³/mol. The molecule has 3 unspecified atom stereocenters. The summed E-state index contributed by atoms with van der Waals surface area (Å²) in [7, 11) is 0. The van der Waals surface area contributed by atoms with Gasteiger partial charge in [-0.2, -0.15) is 0 Å². The van der Waals surface area contributed by atoms with Gasteiger partial charge in [0, 0.05) is 0 Å². The highest BCUT2D eigenvalue weighted by atomic mass is 16.5. The first-order valence-corrected chi connectivity index (χ1v) is 8.73. The van der Waals surface area contributed by atoms with Gasteiger partial charge in [0.05, 0.1) is 25.4 Å². The summed E-state index contributed by atoms with van der Waals surface area (Å²) in [6.07, 6.45) is 0.441. The van der Waals surface area contributed by atoms with Crippen LogP contribution < -0.4 is 0 Å². The number of aliphatic hydroxyl groups is 1. The topological polar surface area (TPSA) is 38.7 Å². The molecular formula is C21H28O3. The third kappa shape index (κ3) is 5.75. The minimum Gasteiger partial charge on any atom is -0.390 e. The monoisotopic (exact) mass is 328 g/mol. The van der Waals surface area contributed by atoms with Crippen LogP contribution in [0.1, 0.15) is 37.8 Å². The number of hydrogen-bond acceptors (Lipinski definition) is 3. The van der Waals surface area contributed by atoms with E-state index in [1.165, 1.54) is 0 Å². The van der Waals surface area contributed by atoms with Crippen molar-refractivity contribution in [2.75, 3.05) is 0 Å². The Labute approximate surface area is 145 Å². The van der Waals surface area contributed by atoms with E-state index in [0.717, 1.165) is 17.5 Å². The average molecular weight is 328 g/mol. The first kappa shape index (κ1) is 18.7. The third-order valence-corrected chi connectivity index (χ3v) is 4.16. The first-order chi connectivity index (χ1) is 11.7. The van der Waals surface area contributed by atoms with Gasteiger partial charge in [-0.05, 0) is 24.0 Å². The van der Waals surface area contributed by atoms with Crippen molar-refractivity contribution in [1.29, 1.82) is 0 Å². The van der Waals surface area contributed by atoms with Gasteiger partial charge >= 0.3 is 0 Å². The van der Waals surface area contributed by atoms with Crippen molar-refractivity contribution in [2.45, 2.75) is 58.2 Å². The van der Waals surface area contributed by atoms with Crippen molar-refractivity contribution >= 4 is 0 Å². The molecule has 2 aromatic carbocycles. The quantitative estimate of drug-likeness (QED) is 0.705. The molecule has 0 saturated heterocycles. The summed E-state index contributed by atoms with van der Waals surface area (Å²) < 4.78 is 12.1. The Hall–Kier alpha value is -1.68. The normalized spacial score (nSPS) is 15.0. The molecule has 0 spiro atoms. The van der Waals surface area contributed by atoms with Crippen molar-refractivity contribution < 1.29 is 14.6 Å². The van der Waals surface area contributed by atoms with Crippen LogP contribution in [-0.4, -0.2) is 23.4 Å². The number of benzene rings is 2. The van der Waals surface area contributed by atoms with Gasteiger partial charge in [0.25, 0.3) is 0 Å². The fourth-order valence-electron chi connectivity index (χ4n) is 2.69.